The highest BCUT2D eigenvalue weighted by molar-refractivity contribution is 4.92. The lowest BCUT2D eigenvalue weighted by Crippen LogP contribution is -2.48. The molecule has 1 aliphatic carbocycles. The average Bonchev–Trinajstić information content (AvgIpc) is 2.78. The van der Waals surface area contributed by atoms with Crippen LogP contribution < -0.4 is 5.32 Å². The maximum Gasteiger partial charge on any atom is 0.0589 e. The summed E-state index contributed by atoms with van der Waals surface area (Å²) in [5.74, 6) is 2.21. The molecule has 0 aromatic carbocycles. The number of aliphatic hydroxyl groups excluding tert-OH is 1. The van der Waals surface area contributed by atoms with E-state index in [1.54, 1.807) is 0 Å². The molecule has 1 heterocycles. The number of likely N-dealkylation sites (tertiary alicyclic amines) is 1. The molecule has 3 nitrogen and oxygen atoms in total. The van der Waals surface area contributed by atoms with Crippen molar-refractivity contribution in [1.29, 1.82) is 0 Å². The highest BCUT2D eigenvalue weighted by Gasteiger charge is 2.38. The SMILES string of the molecule is CNC1CCC(C(C)(C)C)CC1CN1CCC(C)C1CO. The lowest BCUT2D eigenvalue weighted by Gasteiger charge is -2.43. The largest absolute Gasteiger partial charge is 0.395 e. The van der Waals surface area contributed by atoms with Gasteiger partial charge < -0.3 is 10.4 Å². The van der Waals surface area contributed by atoms with Crippen LogP contribution in [-0.2, 0) is 0 Å². The summed E-state index contributed by atoms with van der Waals surface area (Å²) in [5, 5.41) is 13.2. The molecule has 0 bridgehead atoms. The van der Waals surface area contributed by atoms with Gasteiger partial charge in [0.25, 0.3) is 0 Å². The molecule has 21 heavy (non-hydrogen) atoms. The van der Waals surface area contributed by atoms with Crippen LogP contribution in [0.2, 0.25) is 0 Å². The van der Waals surface area contributed by atoms with Crippen LogP contribution in [0.3, 0.4) is 0 Å². The summed E-state index contributed by atoms with van der Waals surface area (Å²) in [4.78, 5) is 2.56. The van der Waals surface area contributed by atoms with Gasteiger partial charge in [0.05, 0.1) is 6.61 Å². The molecular weight excluding hydrogens is 260 g/mol. The Morgan fingerprint density at radius 1 is 1.19 bits per heavy atom. The van der Waals surface area contributed by atoms with Crippen molar-refractivity contribution in [1.82, 2.24) is 10.2 Å². The Bertz CT molecular complexity index is 326. The number of nitrogens with one attached hydrogen (secondary N) is 1. The van der Waals surface area contributed by atoms with Crippen molar-refractivity contribution in [2.24, 2.45) is 23.2 Å². The Labute approximate surface area is 131 Å². The molecule has 3 heteroatoms. The van der Waals surface area contributed by atoms with E-state index in [0.29, 0.717) is 30.0 Å². The van der Waals surface area contributed by atoms with Gasteiger partial charge in [0.2, 0.25) is 0 Å². The second-order valence-electron chi connectivity index (χ2n) is 8.54. The quantitative estimate of drug-likeness (QED) is 0.837. The Morgan fingerprint density at radius 2 is 1.90 bits per heavy atom. The third-order valence-electron chi connectivity index (χ3n) is 6.23. The third-order valence-corrected chi connectivity index (χ3v) is 6.23. The summed E-state index contributed by atoms with van der Waals surface area (Å²) in [5.41, 5.74) is 0.422. The number of hydrogen-bond acceptors (Lipinski definition) is 3. The molecule has 0 amide bonds. The number of rotatable bonds is 4. The standard InChI is InChI=1S/C18H36N2O/c1-13-8-9-20(17(13)12-21)11-14-10-15(18(2,3)4)6-7-16(14)19-5/h13-17,19,21H,6-12H2,1-5H3. The summed E-state index contributed by atoms with van der Waals surface area (Å²) < 4.78 is 0. The van der Waals surface area contributed by atoms with Crippen molar-refractivity contribution >= 4 is 0 Å². The summed E-state index contributed by atoms with van der Waals surface area (Å²) in [6, 6.07) is 1.04. The van der Waals surface area contributed by atoms with Gasteiger partial charge in [0.15, 0.2) is 0 Å². The molecule has 2 aliphatic rings. The van der Waals surface area contributed by atoms with Crippen LogP contribution in [0.1, 0.15) is 53.4 Å². The zero-order chi connectivity index (χ0) is 15.6. The first kappa shape index (κ1) is 17.2. The van der Waals surface area contributed by atoms with E-state index in [-0.39, 0.29) is 0 Å². The first-order chi connectivity index (χ1) is 9.86. The molecule has 2 fully saturated rings. The highest BCUT2D eigenvalue weighted by Crippen LogP contribution is 2.41. The van der Waals surface area contributed by atoms with E-state index >= 15 is 0 Å². The topological polar surface area (TPSA) is 35.5 Å². The van der Waals surface area contributed by atoms with Gasteiger partial charge >= 0.3 is 0 Å². The van der Waals surface area contributed by atoms with E-state index in [1.165, 1.54) is 32.2 Å². The van der Waals surface area contributed by atoms with Gasteiger partial charge in [-0.2, -0.15) is 0 Å². The molecule has 124 valence electrons. The zero-order valence-electron chi connectivity index (χ0n) is 14.7. The Balaban J connectivity index is 2.01. The minimum atomic E-state index is 0.320. The Kier molecular flexibility index (Phi) is 5.72. The summed E-state index contributed by atoms with van der Waals surface area (Å²) in [6.07, 6.45) is 5.23. The van der Waals surface area contributed by atoms with Gasteiger partial charge in [-0.3, -0.25) is 4.90 Å². The molecule has 1 saturated carbocycles. The van der Waals surface area contributed by atoms with Crippen LogP contribution in [0.15, 0.2) is 0 Å². The van der Waals surface area contributed by atoms with E-state index in [9.17, 15) is 5.11 Å². The number of nitrogens with zero attached hydrogens (tertiary/aromatic N) is 1. The van der Waals surface area contributed by atoms with Gasteiger partial charge in [-0.05, 0) is 62.4 Å². The van der Waals surface area contributed by atoms with Crippen molar-refractivity contribution in [3.8, 4) is 0 Å². The van der Waals surface area contributed by atoms with Gasteiger partial charge in [-0.1, -0.05) is 27.7 Å². The molecule has 0 aromatic rings. The van der Waals surface area contributed by atoms with Crippen LogP contribution in [0.25, 0.3) is 0 Å². The first-order valence-electron chi connectivity index (χ1n) is 8.89. The third kappa shape index (κ3) is 4.00. The normalized spacial score (nSPS) is 38.9. The number of aliphatic hydroxyl groups is 1. The molecule has 0 radical (unpaired) electrons. The second-order valence-corrected chi connectivity index (χ2v) is 8.54. The molecule has 1 saturated heterocycles. The molecule has 0 aromatic heterocycles. The predicted octanol–water partition coefficient (Wildman–Crippen LogP) is 2.74. The van der Waals surface area contributed by atoms with Crippen LogP contribution in [-0.4, -0.2) is 48.8 Å². The lowest BCUT2D eigenvalue weighted by molar-refractivity contribution is 0.0688. The van der Waals surface area contributed by atoms with Crippen molar-refractivity contribution in [2.75, 3.05) is 26.7 Å². The molecule has 0 spiro atoms. The molecule has 2 rings (SSSR count). The first-order valence-corrected chi connectivity index (χ1v) is 8.89. The van der Waals surface area contributed by atoms with Gasteiger partial charge in [-0.15, -0.1) is 0 Å². The summed E-state index contributed by atoms with van der Waals surface area (Å²) in [6.45, 7) is 12.1. The van der Waals surface area contributed by atoms with Crippen molar-refractivity contribution in [3.63, 3.8) is 0 Å². The van der Waals surface area contributed by atoms with Gasteiger partial charge in [0, 0.05) is 18.6 Å². The fourth-order valence-electron chi connectivity index (χ4n) is 4.54. The van der Waals surface area contributed by atoms with E-state index in [4.69, 9.17) is 0 Å². The maximum atomic E-state index is 9.68. The minimum Gasteiger partial charge on any atom is -0.395 e. The second kappa shape index (κ2) is 6.97. The average molecular weight is 296 g/mol. The van der Waals surface area contributed by atoms with Crippen molar-refractivity contribution in [3.05, 3.63) is 0 Å². The Hall–Kier alpha value is -0.120. The van der Waals surface area contributed by atoms with Gasteiger partial charge in [0.1, 0.15) is 0 Å². The van der Waals surface area contributed by atoms with Crippen LogP contribution in [0, 0.1) is 23.2 Å². The van der Waals surface area contributed by atoms with Crippen LogP contribution in [0.4, 0.5) is 0 Å². The maximum absolute atomic E-state index is 9.68. The minimum absolute atomic E-state index is 0.320. The molecule has 5 unspecified atom stereocenters. The molecule has 1 aliphatic heterocycles. The smallest absolute Gasteiger partial charge is 0.0589 e. The van der Waals surface area contributed by atoms with Crippen LogP contribution >= 0.6 is 0 Å². The predicted molar refractivity (Wildman–Crippen MR) is 89.4 cm³/mol. The fourth-order valence-corrected chi connectivity index (χ4v) is 4.54. The molecular formula is C18H36N2O. The van der Waals surface area contributed by atoms with Crippen molar-refractivity contribution in [2.45, 2.75) is 65.5 Å². The van der Waals surface area contributed by atoms with E-state index in [1.807, 2.05) is 0 Å². The Morgan fingerprint density at radius 3 is 2.48 bits per heavy atom. The summed E-state index contributed by atoms with van der Waals surface area (Å²) in [7, 11) is 2.12. The number of hydrogen-bond donors (Lipinski definition) is 2. The summed E-state index contributed by atoms with van der Waals surface area (Å²) >= 11 is 0. The molecule has 2 N–H and O–H groups in total. The monoisotopic (exact) mass is 296 g/mol. The van der Waals surface area contributed by atoms with E-state index < -0.39 is 0 Å². The van der Waals surface area contributed by atoms with E-state index in [0.717, 1.165) is 18.4 Å². The van der Waals surface area contributed by atoms with Gasteiger partial charge in [-0.25, -0.2) is 0 Å². The highest BCUT2D eigenvalue weighted by atomic mass is 16.3. The van der Waals surface area contributed by atoms with Crippen LogP contribution in [0.5, 0.6) is 0 Å². The lowest BCUT2D eigenvalue weighted by atomic mass is 9.67. The van der Waals surface area contributed by atoms with Crippen molar-refractivity contribution < 1.29 is 5.11 Å². The van der Waals surface area contributed by atoms with E-state index in [2.05, 4.69) is 45.0 Å². The zero-order valence-corrected chi connectivity index (χ0v) is 14.7. The molecule has 5 atom stereocenters. The fraction of sp³-hybridized carbons (Fsp3) is 1.00.